The molecule has 0 aliphatic heterocycles. The van der Waals surface area contributed by atoms with Crippen molar-refractivity contribution in [2.24, 2.45) is 0 Å². The monoisotopic (exact) mass is 517 g/mol. The van der Waals surface area contributed by atoms with Gasteiger partial charge in [-0.2, -0.15) is 5.10 Å². The van der Waals surface area contributed by atoms with Crippen molar-refractivity contribution < 1.29 is 4.79 Å². The fraction of sp³-hybridized carbons (Fsp3) is 0.120. The topological polar surface area (TPSA) is 107 Å². The first-order chi connectivity index (χ1) is 16.4. The van der Waals surface area contributed by atoms with Gasteiger partial charge in [0.25, 0.3) is 5.91 Å². The minimum absolute atomic E-state index is 0.214. The van der Waals surface area contributed by atoms with Crippen LogP contribution in [0.2, 0.25) is 0 Å². The van der Waals surface area contributed by atoms with Gasteiger partial charge in [-0.05, 0) is 42.8 Å². The van der Waals surface area contributed by atoms with E-state index in [4.69, 9.17) is 5.41 Å². The van der Waals surface area contributed by atoms with Crippen molar-refractivity contribution in [3.8, 4) is 0 Å². The maximum Gasteiger partial charge on any atom is 0.254 e. The summed E-state index contributed by atoms with van der Waals surface area (Å²) < 4.78 is 2.63. The van der Waals surface area contributed by atoms with E-state index in [9.17, 15) is 4.79 Å². The van der Waals surface area contributed by atoms with E-state index < -0.39 is 0 Å². The number of amidine groups is 1. The van der Waals surface area contributed by atoms with Crippen molar-refractivity contribution >= 4 is 44.7 Å². The molecule has 0 atom stereocenters. The van der Waals surface area contributed by atoms with E-state index in [0.29, 0.717) is 29.1 Å². The lowest BCUT2D eigenvalue weighted by molar-refractivity contribution is 0.0964. The predicted molar refractivity (Wildman–Crippen MR) is 138 cm³/mol. The highest BCUT2D eigenvalue weighted by molar-refractivity contribution is 9.10. The molecule has 0 radical (unpaired) electrons. The smallest absolute Gasteiger partial charge is 0.254 e. The third-order valence-electron chi connectivity index (χ3n) is 5.17. The molecule has 4 N–H and O–H groups in total. The number of aromatic nitrogens is 3. The summed E-state index contributed by atoms with van der Waals surface area (Å²) in [5.41, 5.74) is 4.50. The van der Waals surface area contributed by atoms with Crippen LogP contribution in [0.5, 0.6) is 0 Å². The van der Waals surface area contributed by atoms with Crippen LogP contribution in [0, 0.1) is 12.3 Å². The number of anilines is 1. The highest BCUT2D eigenvalue weighted by Crippen LogP contribution is 2.21. The van der Waals surface area contributed by atoms with Gasteiger partial charge in [0.1, 0.15) is 11.7 Å². The van der Waals surface area contributed by atoms with Crippen molar-refractivity contribution in [2.75, 3.05) is 12.4 Å². The second-order valence-electron chi connectivity index (χ2n) is 7.59. The Morgan fingerprint density at radius 2 is 2.00 bits per heavy atom. The lowest BCUT2D eigenvalue weighted by atomic mass is 10.1. The number of benzene rings is 1. The highest BCUT2D eigenvalue weighted by atomic mass is 79.9. The van der Waals surface area contributed by atoms with Gasteiger partial charge in [-0.15, -0.1) is 0 Å². The van der Waals surface area contributed by atoms with Crippen molar-refractivity contribution in [1.29, 1.82) is 5.41 Å². The largest absolute Gasteiger partial charge is 0.366 e. The first-order valence-electron chi connectivity index (χ1n) is 10.6. The number of hydrogen-bond acceptors (Lipinski definition) is 5. The van der Waals surface area contributed by atoms with Gasteiger partial charge in [0.05, 0.1) is 23.0 Å². The Labute approximate surface area is 205 Å². The Bertz CT molecular complexity index is 1390. The first-order valence-corrected chi connectivity index (χ1v) is 11.4. The molecule has 172 valence electrons. The number of pyridine rings is 2. The van der Waals surface area contributed by atoms with Crippen LogP contribution in [0.4, 0.5) is 5.82 Å². The molecular weight excluding hydrogens is 494 g/mol. The van der Waals surface area contributed by atoms with Crippen LogP contribution < -0.4 is 16.0 Å². The van der Waals surface area contributed by atoms with E-state index in [1.165, 1.54) is 6.20 Å². The third kappa shape index (κ3) is 5.32. The van der Waals surface area contributed by atoms with Gasteiger partial charge in [-0.1, -0.05) is 40.2 Å². The van der Waals surface area contributed by atoms with Crippen LogP contribution >= 0.6 is 15.9 Å². The average molecular weight is 518 g/mol. The van der Waals surface area contributed by atoms with E-state index in [2.05, 4.69) is 42.0 Å². The summed E-state index contributed by atoms with van der Waals surface area (Å²) in [7, 11) is 1.59. The van der Waals surface area contributed by atoms with Gasteiger partial charge in [0.2, 0.25) is 0 Å². The van der Waals surface area contributed by atoms with Crippen molar-refractivity contribution in [2.45, 2.75) is 13.5 Å². The minimum atomic E-state index is -0.214. The van der Waals surface area contributed by atoms with Crippen LogP contribution in [-0.2, 0) is 6.54 Å². The molecule has 4 aromatic rings. The Balaban J connectivity index is 1.68. The molecule has 4 rings (SSSR count). The molecule has 34 heavy (non-hydrogen) atoms. The van der Waals surface area contributed by atoms with E-state index >= 15 is 0 Å². The van der Waals surface area contributed by atoms with Gasteiger partial charge in [-0.3, -0.25) is 10.2 Å². The number of fused-ring (bicyclic) bond motifs is 1. The fourth-order valence-corrected chi connectivity index (χ4v) is 3.85. The molecular formula is C25H24BrN7O. The van der Waals surface area contributed by atoms with E-state index in [0.717, 1.165) is 21.3 Å². The van der Waals surface area contributed by atoms with Crippen LogP contribution in [0.3, 0.4) is 0 Å². The molecule has 0 bridgehead atoms. The number of nitrogens with one attached hydrogen (secondary N) is 4. The molecule has 0 saturated heterocycles. The summed E-state index contributed by atoms with van der Waals surface area (Å²) in [5.74, 6) is 0.671. The number of aryl methyl sites for hydroxylation is 1. The summed E-state index contributed by atoms with van der Waals surface area (Å²) in [4.78, 5) is 16.8. The molecule has 0 spiro atoms. The molecule has 0 saturated carbocycles. The normalized spacial score (nSPS) is 11.3. The molecule has 3 aromatic heterocycles. The van der Waals surface area contributed by atoms with Crippen LogP contribution in [0.25, 0.3) is 11.2 Å². The molecule has 9 heteroatoms. The molecule has 1 aromatic carbocycles. The number of carbonyl (C=O) groups excluding carboxylic acids is 1. The summed E-state index contributed by atoms with van der Waals surface area (Å²) in [6.45, 7) is 2.42. The standard InChI is InChI=1S/C25H24BrN7O/c1-16-6-5-9-24(31-16)32-21(13-23(27)29-14-18-7-3-4-8-20(18)26)17-10-11-33-22(12-17)19(15-30-33)25(34)28-2/h3-13,15H,14H2,1-2H3,(H2,27,29)(H,28,34)(H,31,32)/b21-13-. The molecule has 8 nitrogen and oxygen atoms in total. The molecule has 0 aliphatic rings. The Kier molecular flexibility index (Phi) is 7.03. The zero-order chi connectivity index (χ0) is 24.1. The van der Waals surface area contributed by atoms with Crippen molar-refractivity contribution in [3.63, 3.8) is 0 Å². The zero-order valence-electron chi connectivity index (χ0n) is 18.8. The Hall–Kier alpha value is -3.98. The zero-order valence-corrected chi connectivity index (χ0v) is 20.3. The molecule has 0 fully saturated rings. The number of hydrogen-bond donors (Lipinski definition) is 4. The summed E-state index contributed by atoms with van der Waals surface area (Å²) in [5, 5.41) is 21.9. The highest BCUT2D eigenvalue weighted by Gasteiger charge is 2.14. The second-order valence-corrected chi connectivity index (χ2v) is 8.44. The van der Waals surface area contributed by atoms with Crippen molar-refractivity contribution in [3.05, 3.63) is 99.9 Å². The van der Waals surface area contributed by atoms with Gasteiger partial charge in [0.15, 0.2) is 0 Å². The van der Waals surface area contributed by atoms with Crippen molar-refractivity contribution in [1.82, 2.24) is 25.2 Å². The predicted octanol–water partition coefficient (Wildman–Crippen LogP) is 4.38. The molecule has 1 amide bonds. The fourth-order valence-electron chi connectivity index (χ4n) is 3.43. The maximum absolute atomic E-state index is 12.3. The summed E-state index contributed by atoms with van der Waals surface area (Å²) in [6.07, 6.45) is 5.04. The second kappa shape index (κ2) is 10.3. The summed E-state index contributed by atoms with van der Waals surface area (Å²) >= 11 is 3.54. The van der Waals surface area contributed by atoms with Gasteiger partial charge >= 0.3 is 0 Å². The SMILES string of the molecule is CNC(=O)c1cnn2ccc(/C(=C/C(=N)NCc3ccccc3Br)Nc3cccc(C)n3)cc12. The van der Waals surface area contributed by atoms with E-state index in [-0.39, 0.29) is 11.7 Å². The van der Waals surface area contributed by atoms with Gasteiger partial charge < -0.3 is 16.0 Å². The van der Waals surface area contributed by atoms with Crippen LogP contribution in [0.1, 0.15) is 27.2 Å². The number of amides is 1. The van der Waals surface area contributed by atoms with E-state index in [1.807, 2.05) is 61.5 Å². The number of carbonyl (C=O) groups is 1. The lowest BCUT2D eigenvalue weighted by Gasteiger charge is -2.14. The molecule has 3 heterocycles. The number of nitrogens with zero attached hydrogens (tertiary/aromatic N) is 3. The number of halogens is 1. The average Bonchev–Trinajstić information content (AvgIpc) is 3.26. The van der Waals surface area contributed by atoms with E-state index in [1.54, 1.807) is 23.8 Å². The quantitative estimate of drug-likeness (QED) is 0.215. The van der Waals surface area contributed by atoms with Gasteiger partial charge in [0, 0.05) is 41.6 Å². The maximum atomic E-state index is 12.3. The van der Waals surface area contributed by atoms with Gasteiger partial charge in [-0.25, -0.2) is 9.50 Å². The Morgan fingerprint density at radius 1 is 1.18 bits per heavy atom. The third-order valence-corrected chi connectivity index (χ3v) is 5.94. The first kappa shape index (κ1) is 23.2. The number of rotatable bonds is 7. The summed E-state index contributed by atoms with van der Waals surface area (Å²) in [6, 6.07) is 17.3. The Morgan fingerprint density at radius 3 is 2.76 bits per heavy atom. The van der Waals surface area contributed by atoms with Crippen LogP contribution in [0.15, 0.2) is 77.5 Å². The van der Waals surface area contributed by atoms with Crippen LogP contribution in [-0.4, -0.2) is 33.4 Å². The lowest BCUT2D eigenvalue weighted by Crippen LogP contribution is -2.21. The minimum Gasteiger partial charge on any atom is -0.366 e. The molecule has 0 unspecified atom stereocenters. The molecule has 0 aliphatic carbocycles.